The summed E-state index contributed by atoms with van der Waals surface area (Å²) in [6.45, 7) is 2.09. The van der Waals surface area contributed by atoms with Crippen LogP contribution in [-0.2, 0) is 4.79 Å². The normalized spacial score (nSPS) is 33.5. The third-order valence-electron chi connectivity index (χ3n) is 8.57. The smallest absolute Gasteiger partial charge is 0.329 e. The molecule has 5 saturated carbocycles. The summed E-state index contributed by atoms with van der Waals surface area (Å²) in [5.74, 6) is 1.72. The topological polar surface area (TPSA) is 112 Å². The number of aliphatic hydroxyl groups is 1. The second-order valence-electron chi connectivity index (χ2n) is 11.2. The fourth-order valence-corrected chi connectivity index (χ4v) is 8.11. The molecule has 34 heavy (non-hydrogen) atoms. The number of carboxylic acids is 1. The summed E-state index contributed by atoms with van der Waals surface area (Å²) < 4.78 is 0. The molecule has 0 spiro atoms. The van der Waals surface area contributed by atoms with Crippen LogP contribution in [0, 0.1) is 17.8 Å². The molecule has 0 radical (unpaired) electrons. The number of pyridine rings is 1. The molecule has 5 fully saturated rings. The molecule has 0 aliphatic heterocycles. The summed E-state index contributed by atoms with van der Waals surface area (Å²) in [4.78, 5) is 30.3. The molecule has 6 rings (SSSR count). The lowest BCUT2D eigenvalue weighted by Gasteiger charge is -2.58. The Morgan fingerprint density at radius 2 is 1.82 bits per heavy atom. The van der Waals surface area contributed by atoms with Gasteiger partial charge in [-0.3, -0.25) is 4.79 Å². The number of carbonyl (C=O) groups excluding carboxylic acids is 1. The van der Waals surface area contributed by atoms with E-state index in [1.807, 2.05) is 0 Å². The Morgan fingerprint density at radius 1 is 1.12 bits per heavy atom. The zero-order valence-electron chi connectivity index (χ0n) is 20.0. The highest BCUT2D eigenvalue weighted by Crippen LogP contribution is 2.55. The summed E-state index contributed by atoms with van der Waals surface area (Å²) in [7, 11) is 0. The number of hydrogen-bond donors (Lipinski definition) is 4. The van der Waals surface area contributed by atoms with E-state index in [0.717, 1.165) is 63.5 Å². The van der Waals surface area contributed by atoms with Gasteiger partial charge in [-0.1, -0.05) is 26.2 Å². The Kier molecular flexibility index (Phi) is 6.57. The maximum atomic E-state index is 13.4. The molecule has 1 aromatic rings. The van der Waals surface area contributed by atoms with Gasteiger partial charge in [0.1, 0.15) is 16.4 Å². The van der Waals surface area contributed by atoms with Crippen LogP contribution < -0.4 is 10.6 Å². The molecule has 0 aromatic carbocycles. The number of carboxylic acid groups (broad SMARTS) is 1. The van der Waals surface area contributed by atoms with Crippen molar-refractivity contribution in [2.45, 2.75) is 99.8 Å². The van der Waals surface area contributed by atoms with Crippen molar-refractivity contribution in [1.29, 1.82) is 0 Å². The van der Waals surface area contributed by atoms with E-state index < -0.39 is 17.1 Å². The third-order valence-corrected chi connectivity index (χ3v) is 9.77. The fourth-order valence-electron chi connectivity index (χ4n) is 7.23. The molecule has 5 aliphatic carbocycles. The molecular weight excluding hydrogens is 450 g/mol. The summed E-state index contributed by atoms with van der Waals surface area (Å²) in [6.07, 6.45) is 9.66. The van der Waals surface area contributed by atoms with E-state index in [-0.39, 0.29) is 11.9 Å². The van der Waals surface area contributed by atoms with Crippen molar-refractivity contribution < 1.29 is 19.8 Å². The van der Waals surface area contributed by atoms with Crippen LogP contribution in [0.5, 0.6) is 0 Å². The molecule has 4 bridgehead atoms. The van der Waals surface area contributed by atoms with E-state index in [1.54, 1.807) is 23.9 Å². The van der Waals surface area contributed by atoms with Gasteiger partial charge in [0.25, 0.3) is 5.91 Å². The minimum Gasteiger partial charge on any atom is -0.480 e. The van der Waals surface area contributed by atoms with Crippen LogP contribution in [0.4, 0.5) is 5.82 Å². The first-order chi connectivity index (χ1) is 16.3. The zero-order chi connectivity index (χ0) is 23.9. The Balaban J connectivity index is 1.35. The van der Waals surface area contributed by atoms with Crippen LogP contribution in [0.15, 0.2) is 17.2 Å². The van der Waals surface area contributed by atoms with Crippen molar-refractivity contribution in [3.8, 4) is 0 Å². The van der Waals surface area contributed by atoms with Gasteiger partial charge in [0.05, 0.1) is 11.2 Å². The van der Waals surface area contributed by atoms with Crippen LogP contribution in [0.3, 0.4) is 0 Å². The summed E-state index contributed by atoms with van der Waals surface area (Å²) in [5.41, 5.74) is -0.944. The molecule has 7 nitrogen and oxygen atoms in total. The molecule has 2 atom stereocenters. The minimum absolute atomic E-state index is 0.104. The lowest BCUT2D eigenvalue weighted by molar-refractivity contribution is -0.143. The van der Waals surface area contributed by atoms with Gasteiger partial charge in [-0.05, 0) is 87.0 Å². The van der Waals surface area contributed by atoms with Gasteiger partial charge < -0.3 is 20.8 Å². The van der Waals surface area contributed by atoms with E-state index in [0.29, 0.717) is 47.0 Å². The minimum atomic E-state index is -0.984. The van der Waals surface area contributed by atoms with E-state index in [9.17, 15) is 19.8 Å². The SMILES string of the molecule is CCCSc1nc(NC2(C(=O)O)CCCCC2)ccc1C(=O)NC1C2CC3CC1CC(O)(C3)C2. The number of nitrogens with zero attached hydrogens (tertiary/aromatic N) is 1. The van der Waals surface area contributed by atoms with E-state index in [1.165, 1.54) is 0 Å². The number of thioether (sulfide) groups is 1. The molecule has 0 saturated heterocycles. The first kappa shape index (κ1) is 23.9. The van der Waals surface area contributed by atoms with Crippen molar-refractivity contribution in [3.63, 3.8) is 0 Å². The van der Waals surface area contributed by atoms with Crippen LogP contribution in [0.25, 0.3) is 0 Å². The summed E-state index contributed by atoms with van der Waals surface area (Å²) in [5, 5.41) is 28.0. The maximum Gasteiger partial charge on any atom is 0.329 e. The molecule has 1 aromatic heterocycles. The van der Waals surface area contributed by atoms with Crippen LogP contribution >= 0.6 is 11.8 Å². The number of aliphatic carboxylic acids is 1. The average molecular weight is 488 g/mol. The second kappa shape index (κ2) is 9.34. The number of amides is 1. The third kappa shape index (κ3) is 4.55. The number of aromatic nitrogens is 1. The highest BCUT2D eigenvalue weighted by Gasteiger charge is 2.55. The molecule has 5 aliphatic rings. The van der Waals surface area contributed by atoms with Gasteiger partial charge in [0, 0.05) is 6.04 Å². The van der Waals surface area contributed by atoms with Crippen LogP contribution in [-0.4, -0.2) is 50.0 Å². The monoisotopic (exact) mass is 487 g/mol. The number of rotatable bonds is 8. The highest BCUT2D eigenvalue weighted by molar-refractivity contribution is 7.99. The zero-order valence-corrected chi connectivity index (χ0v) is 20.8. The van der Waals surface area contributed by atoms with Crippen molar-refractivity contribution in [2.24, 2.45) is 17.8 Å². The predicted octanol–water partition coefficient (Wildman–Crippen LogP) is 4.45. The van der Waals surface area contributed by atoms with Gasteiger partial charge in [-0.2, -0.15) is 0 Å². The summed E-state index contributed by atoms with van der Waals surface area (Å²) >= 11 is 1.55. The summed E-state index contributed by atoms with van der Waals surface area (Å²) in [6, 6.07) is 3.66. The standard InChI is InChI=1S/C26H37N3O4S/c1-2-10-34-23-19(6-7-20(27-23)29-26(24(31)32)8-4-3-5-9-26)22(30)28-21-17-11-16-12-18(21)15-25(33,13-16)14-17/h6-7,16-18,21,33H,2-5,8-15H2,1H3,(H,27,29)(H,28,30)(H,31,32). The van der Waals surface area contributed by atoms with E-state index in [2.05, 4.69) is 17.6 Å². The lowest BCUT2D eigenvalue weighted by Crippen LogP contribution is -2.61. The van der Waals surface area contributed by atoms with Gasteiger partial charge in [0.2, 0.25) is 0 Å². The lowest BCUT2D eigenvalue weighted by atomic mass is 9.52. The van der Waals surface area contributed by atoms with Crippen molar-refractivity contribution in [1.82, 2.24) is 10.3 Å². The number of nitrogens with one attached hydrogen (secondary N) is 2. The number of carbonyl (C=O) groups is 2. The first-order valence-electron chi connectivity index (χ1n) is 13.0. The Labute approximate surface area is 205 Å². The highest BCUT2D eigenvalue weighted by atomic mass is 32.2. The van der Waals surface area contributed by atoms with Crippen molar-refractivity contribution in [3.05, 3.63) is 17.7 Å². The Hall–Kier alpha value is -1.80. The molecular formula is C26H37N3O4S. The van der Waals surface area contributed by atoms with E-state index in [4.69, 9.17) is 4.98 Å². The quantitative estimate of drug-likeness (QED) is 0.401. The number of anilines is 1. The van der Waals surface area contributed by atoms with Gasteiger partial charge in [0.15, 0.2) is 0 Å². The largest absolute Gasteiger partial charge is 0.480 e. The first-order valence-corrected chi connectivity index (χ1v) is 14.0. The van der Waals surface area contributed by atoms with Gasteiger partial charge >= 0.3 is 5.97 Å². The predicted molar refractivity (Wildman–Crippen MR) is 132 cm³/mol. The molecule has 4 N–H and O–H groups in total. The second-order valence-corrected chi connectivity index (χ2v) is 12.2. The van der Waals surface area contributed by atoms with Crippen molar-refractivity contribution >= 4 is 29.5 Å². The molecule has 2 unspecified atom stereocenters. The Morgan fingerprint density at radius 3 is 2.44 bits per heavy atom. The van der Waals surface area contributed by atoms with Crippen LogP contribution in [0.2, 0.25) is 0 Å². The van der Waals surface area contributed by atoms with Crippen molar-refractivity contribution in [2.75, 3.05) is 11.1 Å². The average Bonchev–Trinajstić information content (AvgIpc) is 2.79. The van der Waals surface area contributed by atoms with E-state index >= 15 is 0 Å². The number of hydrogen-bond acceptors (Lipinski definition) is 6. The van der Waals surface area contributed by atoms with Crippen LogP contribution in [0.1, 0.15) is 87.9 Å². The molecule has 1 heterocycles. The Bertz CT molecular complexity index is 932. The molecule has 8 heteroatoms. The molecule has 186 valence electrons. The van der Waals surface area contributed by atoms with Gasteiger partial charge in [-0.15, -0.1) is 11.8 Å². The fraction of sp³-hybridized carbons (Fsp3) is 0.731. The maximum absolute atomic E-state index is 13.4. The molecule has 1 amide bonds. The van der Waals surface area contributed by atoms with Gasteiger partial charge in [-0.25, -0.2) is 9.78 Å².